The molecule has 0 atom stereocenters. The number of aromatic nitrogens is 1. The maximum Gasteiger partial charge on any atom is 0.511 e. The van der Waals surface area contributed by atoms with Gasteiger partial charge in [-0.15, -0.1) is 0 Å². The third-order valence-corrected chi connectivity index (χ3v) is 1.73. The van der Waals surface area contributed by atoms with E-state index in [4.69, 9.17) is 5.11 Å². The minimum Gasteiger partial charge on any atom is -0.449 e. The number of carbonyl (C=O) groups is 1. The van der Waals surface area contributed by atoms with Crippen molar-refractivity contribution in [2.24, 2.45) is 0 Å². The number of aromatic amines is 1. The van der Waals surface area contributed by atoms with Gasteiger partial charge in [0.05, 0.1) is 0 Å². The van der Waals surface area contributed by atoms with E-state index in [-0.39, 0.29) is 0 Å². The first-order chi connectivity index (χ1) is 6.25. The molecule has 0 unspecified atom stereocenters. The highest BCUT2D eigenvalue weighted by molar-refractivity contribution is 5.81. The number of carboxylic acid groups (broad SMARTS) is 1. The van der Waals surface area contributed by atoms with Crippen molar-refractivity contribution in [3.05, 3.63) is 30.5 Å². The molecule has 4 nitrogen and oxygen atoms in total. The van der Waals surface area contributed by atoms with E-state index in [1.165, 1.54) is 0 Å². The lowest BCUT2D eigenvalue weighted by Crippen LogP contribution is -2.02. The molecule has 0 spiro atoms. The number of benzene rings is 1. The van der Waals surface area contributed by atoms with Gasteiger partial charge in [0.25, 0.3) is 0 Å². The van der Waals surface area contributed by atoms with E-state index in [9.17, 15) is 4.79 Å². The lowest BCUT2D eigenvalue weighted by Gasteiger charge is -1.98. The van der Waals surface area contributed by atoms with Gasteiger partial charge in [-0.3, -0.25) is 0 Å². The predicted octanol–water partition coefficient (Wildman–Crippen LogP) is 2.22. The fourth-order valence-corrected chi connectivity index (χ4v) is 1.20. The van der Waals surface area contributed by atoms with Gasteiger partial charge in [0.2, 0.25) is 0 Å². The molecule has 2 rings (SSSR count). The Morgan fingerprint density at radius 1 is 1.38 bits per heavy atom. The van der Waals surface area contributed by atoms with Crippen LogP contribution >= 0.6 is 0 Å². The Morgan fingerprint density at radius 3 is 3.00 bits per heavy atom. The van der Waals surface area contributed by atoms with E-state index in [0.29, 0.717) is 5.75 Å². The van der Waals surface area contributed by atoms with Crippen LogP contribution in [0.3, 0.4) is 0 Å². The minimum atomic E-state index is -1.30. The molecule has 66 valence electrons. The summed E-state index contributed by atoms with van der Waals surface area (Å²) in [4.78, 5) is 13.2. The maximum absolute atomic E-state index is 10.2. The highest BCUT2D eigenvalue weighted by Gasteiger charge is 2.01. The zero-order chi connectivity index (χ0) is 9.26. The largest absolute Gasteiger partial charge is 0.511 e. The van der Waals surface area contributed by atoms with Crippen molar-refractivity contribution in [1.82, 2.24) is 4.98 Å². The van der Waals surface area contributed by atoms with Gasteiger partial charge in [0.15, 0.2) is 0 Å². The summed E-state index contributed by atoms with van der Waals surface area (Å²) in [6, 6.07) is 6.89. The van der Waals surface area contributed by atoms with Crippen LogP contribution in [0, 0.1) is 0 Å². The van der Waals surface area contributed by atoms with Crippen molar-refractivity contribution in [1.29, 1.82) is 0 Å². The van der Waals surface area contributed by atoms with E-state index in [0.717, 1.165) is 10.9 Å². The van der Waals surface area contributed by atoms with E-state index in [1.807, 2.05) is 6.07 Å². The molecule has 0 aliphatic rings. The Morgan fingerprint density at radius 2 is 2.23 bits per heavy atom. The predicted molar refractivity (Wildman–Crippen MR) is 47.0 cm³/mol. The van der Waals surface area contributed by atoms with Crippen LogP contribution in [0.2, 0.25) is 0 Å². The number of fused-ring (bicyclic) bond motifs is 1. The molecule has 0 amide bonds. The van der Waals surface area contributed by atoms with Crippen molar-refractivity contribution in [3.63, 3.8) is 0 Å². The monoisotopic (exact) mass is 177 g/mol. The second-order valence-electron chi connectivity index (χ2n) is 2.59. The number of nitrogens with one attached hydrogen (secondary N) is 1. The van der Waals surface area contributed by atoms with E-state index >= 15 is 0 Å². The third-order valence-electron chi connectivity index (χ3n) is 1.73. The van der Waals surface area contributed by atoms with E-state index < -0.39 is 6.16 Å². The van der Waals surface area contributed by atoms with Gasteiger partial charge in [0.1, 0.15) is 5.75 Å². The zero-order valence-corrected chi connectivity index (χ0v) is 6.65. The SMILES string of the molecule is O=C(O)Oc1ccc2[nH]ccc2c1. The topological polar surface area (TPSA) is 62.3 Å². The molecule has 1 aromatic carbocycles. The first kappa shape index (κ1) is 7.67. The van der Waals surface area contributed by atoms with Gasteiger partial charge in [-0.25, -0.2) is 4.79 Å². The molecule has 2 N–H and O–H groups in total. The molecule has 0 aliphatic carbocycles. The van der Waals surface area contributed by atoms with Crippen LogP contribution < -0.4 is 4.74 Å². The number of hydrogen-bond acceptors (Lipinski definition) is 2. The lowest BCUT2D eigenvalue weighted by atomic mass is 10.2. The van der Waals surface area contributed by atoms with Crippen molar-refractivity contribution in [2.75, 3.05) is 0 Å². The molecule has 1 aromatic heterocycles. The number of ether oxygens (including phenoxy) is 1. The quantitative estimate of drug-likeness (QED) is 0.518. The lowest BCUT2D eigenvalue weighted by molar-refractivity contribution is 0.144. The summed E-state index contributed by atoms with van der Waals surface area (Å²) in [5.41, 5.74) is 0.956. The van der Waals surface area contributed by atoms with Crippen LogP contribution in [0.5, 0.6) is 5.75 Å². The van der Waals surface area contributed by atoms with Gasteiger partial charge in [-0.05, 0) is 24.3 Å². The molecule has 13 heavy (non-hydrogen) atoms. The summed E-state index contributed by atoms with van der Waals surface area (Å²) < 4.78 is 4.49. The Balaban J connectivity index is 2.42. The van der Waals surface area contributed by atoms with Crippen molar-refractivity contribution < 1.29 is 14.6 Å². The molecule has 0 fully saturated rings. The number of rotatable bonds is 1. The van der Waals surface area contributed by atoms with Crippen molar-refractivity contribution in [3.8, 4) is 5.75 Å². The Kier molecular flexibility index (Phi) is 1.66. The summed E-state index contributed by atoms with van der Waals surface area (Å²) >= 11 is 0. The maximum atomic E-state index is 10.2. The number of hydrogen-bond donors (Lipinski definition) is 2. The molecule has 0 saturated carbocycles. The van der Waals surface area contributed by atoms with Crippen LogP contribution in [0.25, 0.3) is 10.9 Å². The van der Waals surface area contributed by atoms with Crippen LogP contribution in [0.15, 0.2) is 30.5 Å². The molecule has 0 bridgehead atoms. The summed E-state index contributed by atoms with van der Waals surface area (Å²) in [7, 11) is 0. The second kappa shape index (κ2) is 2.82. The molecule has 2 aromatic rings. The number of H-pyrrole nitrogens is 1. The van der Waals surface area contributed by atoms with Crippen molar-refractivity contribution >= 4 is 17.1 Å². The summed E-state index contributed by atoms with van der Waals surface area (Å²) in [5, 5.41) is 9.29. The first-order valence-corrected chi connectivity index (χ1v) is 3.73. The second-order valence-corrected chi connectivity index (χ2v) is 2.59. The molecule has 0 radical (unpaired) electrons. The molecular weight excluding hydrogens is 170 g/mol. The van der Waals surface area contributed by atoms with Gasteiger partial charge < -0.3 is 14.8 Å². The van der Waals surface area contributed by atoms with E-state index in [1.54, 1.807) is 24.4 Å². The third kappa shape index (κ3) is 1.46. The molecule has 0 aliphatic heterocycles. The van der Waals surface area contributed by atoms with Gasteiger partial charge in [0, 0.05) is 17.1 Å². The molecule has 0 saturated heterocycles. The highest BCUT2D eigenvalue weighted by Crippen LogP contribution is 2.19. The Bertz CT molecular complexity index is 447. The summed E-state index contributed by atoms with van der Waals surface area (Å²) in [6.45, 7) is 0. The van der Waals surface area contributed by atoms with Gasteiger partial charge >= 0.3 is 6.16 Å². The van der Waals surface area contributed by atoms with Crippen LogP contribution in [-0.2, 0) is 0 Å². The zero-order valence-electron chi connectivity index (χ0n) is 6.65. The van der Waals surface area contributed by atoms with Crippen molar-refractivity contribution in [2.45, 2.75) is 0 Å². The highest BCUT2D eigenvalue weighted by atomic mass is 16.7. The first-order valence-electron chi connectivity index (χ1n) is 3.73. The molecule has 1 heterocycles. The fourth-order valence-electron chi connectivity index (χ4n) is 1.20. The minimum absolute atomic E-state index is 0.333. The van der Waals surface area contributed by atoms with Crippen LogP contribution in [0.1, 0.15) is 0 Å². The van der Waals surface area contributed by atoms with Gasteiger partial charge in [-0.1, -0.05) is 0 Å². The average Bonchev–Trinajstić information content (AvgIpc) is 2.49. The fraction of sp³-hybridized carbons (Fsp3) is 0. The van der Waals surface area contributed by atoms with Crippen LogP contribution in [0.4, 0.5) is 4.79 Å². The summed E-state index contributed by atoms with van der Waals surface area (Å²) in [5.74, 6) is 0.333. The average molecular weight is 177 g/mol. The van der Waals surface area contributed by atoms with Gasteiger partial charge in [-0.2, -0.15) is 0 Å². The van der Waals surface area contributed by atoms with E-state index in [2.05, 4.69) is 9.72 Å². The standard InChI is InChI=1S/C9H7NO3/c11-9(12)13-7-1-2-8-6(5-7)3-4-10-8/h1-5,10H,(H,11,12). The summed E-state index contributed by atoms with van der Waals surface area (Å²) in [6.07, 6.45) is 0.491. The molecular formula is C9H7NO3. The molecule has 4 heteroatoms. The van der Waals surface area contributed by atoms with Crippen LogP contribution in [-0.4, -0.2) is 16.2 Å². The Labute approximate surface area is 73.8 Å². The Hall–Kier alpha value is -1.97. The smallest absolute Gasteiger partial charge is 0.449 e. The normalized spacial score (nSPS) is 10.2.